The molecule has 4 heteroatoms. The SMILES string of the molecule is Cc1ccc([C@@H](N)CCN)cc1Br.Cl. The van der Waals surface area contributed by atoms with Crippen LogP contribution in [0.15, 0.2) is 22.7 Å². The Labute approximate surface area is 99.6 Å². The van der Waals surface area contributed by atoms with Gasteiger partial charge in [-0.25, -0.2) is 0 Å². The lowest BCUT2D eigenvalue weighted by Gasteiger charge is -2.11. The molecule has 0 aliphatic carbocycles. The molecule has 0 fully saturated rings. The van der Waals surface area contributed by atoms with Crippen LogP contribution in [-0.2, 0) is 0 Å². The molecular weight excluding hydrogens is 263 g/mol. The van der Waals surface area contributed by atoms with Crippen LogP contribution in [0.2, 0.25) is 0 Å². The molecule has 1 aromatic rings. The summed E-state index contributed by atoms with van der Waals surface area (Å²) >= 11 is 3.48. The Bertz CT molecular complexity index is 291. The third-order valence-corrected chi connectivity index (χ3v) is 2.96. The molecule has 1 aromatic carbocycles. The number of aryl methyl sites for hydroxylation is 1. The van der Waals surface area contributed by atoms with Crippen molar-refractivity contribution in [3.63, 3.8) is 0 Å². The van der Waals surface area contributed by atoms with Crippen LogP contribution in [0.5, 0.6) is 0 Å². The third kappa shape index (κ3) is 3.58. The van der Waals surface area contributed by atoms with Crippen molar-refractivity contribution in [2.24, 2.45) is 11.5 Å². The highest BCUT2D eigenvalue weighted by Gasteiger charge is 2.05. The van der Waals surface area contributed by atoms with E-state index < -0.39 is 0 Å². The summed E-state index contributed by atoms with van der Waals surface area (Å²) in [5.74, 6) is 0. The van der Waals surface area contributed by atoms with E-state index in [2.05, 4.69) is 41.1 Å². The fourth-order valence-corrected chi connectivity index (χ4v) is 1.58. The highest BCUT2D eigenvalue weighted by atomic mass is 79.9. The van der Waals surface area contributed by atoms with E-state index in [0.29, 0.717) is 6.54 Å². The molecule has 14 heavy (non-hydrogen) atoms. The summed E-state index contributed by atoms with van der Waals surface area (Å²) in [6, 6.07) is 6.24. The first kappa shape index (κ1) is 13.9. The number of rotatable bonds is 3. The normalized spacial score (nSPS) is 12.0. The molecule has 0 aliphatic heterocycles. The third-order valence-electron chi connectivity index (χ3n) is 2.10. The highest BCUT2D eigenvalue weighted by Crippen LogP contribution is 2.21. The lowest BCUT2D eigenvalue weighted by atomic mass is 10.0. The Morgan fingerprint density at radius 1 is 1.43 bits per heavy atom. The Morgan fingerprint density at radius 2 is 2.07 bits per heavy atom. The van der Waals surface area contributed by atoms with Crippen LogP contribution in [0.3, 0.4) is 0 Å². The van der Waals surface area contributed by atoms with Crippen LogP contribution in [0.4, 0.5) is 0 Å². The second-order valence-electron chi connectivity index (χ2n) is 3.19. The fraction of sp³-hybridized carbons (Fsp3) is 0.400. The van der Waals surface area contributed by atoms with Crippen molar-refractivity contribution < 1.29 is 0 Å². The Kier molecular flexibility index (Phi) is 6.36. The molecule has 80 valence electrons. The first-order valence-electron chi connectivity index (χ1n) is 4.37. The topological polar surface area (TPSA) is 52.0 Å². The van der Waals surface area contributed by atoms with E-state index in [4.69, 9.17) is 11.5 Å². The average molecular weight is 280 g/mol. The van der Waals surface area contributed by atoms with E-state index in [1.807, 2.05) is 0 Å². The van der Waals surface area contributed by atoms with Gasteiger partial charge in [-0.05, 0) is 37.1 Å². The molecular formula is C10H16BrClN2. The number of benzene rings is 1. The van der Waals surface area contributed by atoms with Crippen LogP contribution in [0, 0.1) is 6.92 Å². The van der Waals surface area contributed by atoms with E-state index in [9.17, 15) is 0 Å². The standard InChI is InChI=1S/C10H15BrN2.ClH/c1-7-2-3-8(6-9(7)11)10(13)4-5-12;/h2-3,6,10H,4-5,12-13H2,1H3;1H/t10-;/m0./s1. The van der Waals surface area contributed by atoms with Crippen LogP contribution in [0.1, 0.15) is 23.6 Å². The van der Waals surface area contributed by atoms with Crippen molar-refractivity contribution in [3.05, 3.63) is 33.8 Å². The van der Waals surface area contributed by atoms with E-state index in [-0.39, 0.29) is 18.4 Å². The second kappa shape index (κ2) is 6.40. The van der Waals surface area contributed by atoms with Crippen molar-refractivity contribution >= 4 is 28.3 Å². The van der Waals surface area contributed by atoms with Gasteiger partial charge in [0.05, 0.1) is 0 Å². The van der Waals surface area contributed by atoms with Crippen molar-refractivity contribution in [2.75, 3.05) is 6.54 Å². The van der Waals surface area contributed by atoms with Gasteiger partial charge in [0.15, 0.2) is 0 Å². The average Bonchev–Trinajstić information content (AvgIpc) is 2.10. The maximum atomic E-state index is 5.92. The molecule has 0 amide bonds. The van der Waals surface area contributed by atoms with Gasteiger partial charge in [0.25, 0.3) is 0 Å². The smallest absolute Gasteiger partial charge is 0.0307 e. The van der Waals surface area contributed by atoms with Crippen molar-refractivity contribution in [1.29, 1.82) is 0 Å². The van der Waals surface area contributed by atoms with Gasteiger partial charge in [-0.1, -0.05) is 28.1 Å². The summed E-state index contributed by atoms with van der Waals surface area (Å²) in [6.45, 7) is 2.69. The lowest BCUT2D eigenvalue weighted by molar-refractivity contribution is 0.661. The summed E-state index contributed by atoms with van der Waals surface area (Å²) < 4.78 is 1.11. The van der Waals surface area contributed by atoms with Gasteiger partial charge in [0.2, 0.25) is 0 Å². The number of nitrogens with two attached hydrogens (primary N) is 2. The van der Waals surface area contributed by atoms with Gasteiger partial charge in [0, 0.05) is 10.5 Å². The minimum Gasteiger partial charge on any atom is -0.330 e. The summed E-state index contributed by atoms with van der Waals surface area (Å²) in [4.78, 5) is 0. The zero-order chi connectivity index (χ0) is 9.84. The summed E-state index contributed by atoms with van der Waals surface area (Å²) in [5.41, 5.74) is 13.7. The van der Waals surface area contributed by atoms with Gasteiger partial charge in [-0.3, -0.25) is 0 Å². The van der Waals surface area contributed by atoms with Crippen LogP contribution in [0.25, 0.3) is 0 Å². The molecule has 4 N–H and O–H groups in total. The molecule has 0 saturated heterocycles. The van der Waals surface area contributed by atoms with Gasteiger partial charge in [-0.15, -0.1) is 12.4 Å². The molecule has 0 radical (unpaired) electrons. The first-order chi connectivity index (χ1) is 6.15. The Balaban J connectivity index is 0.00000169. The van der Waals surface area contributed by atoms with Crippen LogP contribution in [-0.4, -0.2) is 6.54 Å². The molecule has 0 spiro atoms. The maximum absolute atomic E-state index is 5.92. The van der Waals surface area contributed by atoms with Gasteiger partial charge < -0.3 is 11.5 Å². The fourth-order valence-electron chi connectivity index (χ4n) is 1.19. The van der Waals surface area contributed by atoms with E-state index in [1.165, 1.54) is 5.56 Å². The number of hydrogen-bond donors (Lipinski definition) is 2. The van der Waals surface area contributed by atoms with Gasteiger partial charge in [0.1, 0.15) is 0 Å². The maximum Gasteiger partial charge on any atom is 0.0307 e. The van der Waals surface area contributed by atoms with Crippen LogP contribution < -0.4 is 11.5 Å². The molecule has 0 unspecified atom stereocenters. The first-order valence-corrected chi connectivity index (χ1v) is 5.16. The monoisotopic (exact) mass is 278 g/mol. The highest BCUT2D eigenvalue weighted by molar-refractivity contribution is 9.10. The van der Waals surface area contributed by atoms with Crippen molar-refractivity contribution in [3.8, 4) is 0 Å². The molecule has 1 rings (SSSR count). The lowest BCUT2D eigenvalue weighted by Crippen LogP contribution is -2.15. The van der Waals surface area contributed by atoms with E-state index >= 15 is 0 Å². The second-order valence-corrected chi connectivity index (χ2v) is 4.05. The molecule has 0 bridgehead atoms. The molecule has 0 saturated carbocycles. The minimum atomic E-state index is 0. The predicted molar refractivity (Wildman–Crippen MR) is 66.7 cm³/mol. The Hall–Kier alpha value is -0.0900. The van der Waals surface area contributed by atoms with E-state index in [1.54, 1.807) is 0 Å². The summed E-state index contributed by atoms with van der Waals surface area (Å²) in [7, 11) is 0. The number of halogens is 2. The number of hydrogen-bond acceptors (Lipinski definition) is 2. The Morgan fingerprint density at radius 3 is 2.57 bits per heavy atom. The largest absolute Gasteiger partial charge is 0.330 e. The summed E-state index contributed by atoms with van der Waals surface area (Å²) in [6.07, 6.45) is 0.829. The van der Waals surface area contributed by atoms with Crippen molar-refractivity contribution in [1.82, 2.24) is 0 Å². The predicted octanol–water partition coefficient (Wildman–Crippen LogP) is 2.53. The minimum absolute atomic E-state index is 0. The summed E-state index contributed by atoms with van der Waals surface area (Å²) in [5, 5.41) is 0. The van der Waals surface area contributed by atoms with Gasteiger partial charge >= 0.3 is 0 Å². The van der Waals surface area contributed by atoms with Gasteiger partial charge in [-0.2, -0.15) is 0 Å². The quantitative estimate of drug-likeness (QED) is 0.893. The zero-order valence-electron chi connectivity index (χ0n) is 8.16. The molecule has 0 aliphatic rings. The zero-order valence-corrected chi connectivity index (χ0v) is 10.6. The molecule has 2 nitrogen and oxygen atoms in total. The molecule has 1 atom stereocenters. The molecule has 0 aromatic heterocycles. The van der Waals surface area contributed by atoms with Crippen LogP contribution >= 0.6 is 28.3 Å². The molecule has 0 heterocycles. The van der Waals surface area contributed by atoms with E-state index in [0.717, 1.165) is 16.5 Å². The van der Waals surface area contributed by atoms with Crippen molar-refractivity contribution in [2.45, 2.75) is 19.4 Å².